The Balaban J connectivity index is 0.00000208. The highest BCUT2D eigenvalue weighted by molar-refractivity contribution is 6.02. The molecule has 8 heteroatoms. The second-order valence-corrected chi connectivity index (χ2v) is 5.72. The highest BCUT2D eigenvalue weighted by atomic mass is 35.5. The summed E-state index contributed by atoms with van der Waals surface area (Å²) in [6, 6.07) is 5.24. The van der Waals surface area contributed by atoms with Crippen LogP contribution in [0.5, 0.6) is 0 Å². The molecule has 0 spiro atoms. The summed E-state index contributed by atoms with van der Waals surface area (Å²) in [5.74, 6) is -0.270. The van der Waals surface area contributed by atoms with E-state index in [1.54, 1.807) is 46.1 Å². The minimum atomic E-state index is -0.158. The highest BCUT2D eigenvalue weighted by Crippen LogP contribution is 2.19. The van der Waals surface area contributed by atoms with Crippen LogP contribution in [0.3, 0.4) is 0 Å². The monoisotopic (exact) mass is 349 g/mol. The smallest absolute Gasteiger partial charge is 0.254 e. The maximum atomic E-state index is 12.6. The molecule has 3 rings (SSSR count). The molecule has 1 aromatic carbocycles. The van der Waals surface area contributed by atoms with E-state index in [1.807, 2.05) is 13.0 Å². The fraction of sp³-hybridized carbons (Fsp3) is 0.312. The first-order valence-corrected chi connectivity index (χ1v) is 7.40. The molecule has 1 saturated heterocycles. The fourth-order valence-electron chi connectivity index (χ4n) is 2.71. The second kappa shape index (κ2) is 6.92. The molecule has 1 fully saturated rings. The molecule has 1 aliphatic heterocycles. The molecule has 128 valence electrons. The molecule has 2 aromatic rings. The van der Waals surface area contributed by atoms with Crippen LogP contribution in [0.25, 0.3) is 0 Å². The van der Waals surface area contributed by atoms with Crippen LogP contribution in [0, 0.1) is 6.92 Å². The number of carbonyl (C=O) groups excluding carboxylic acids is 2. The van der Waals surface area contributed by atoms with E-state index in [0.717, 1.165) is 11.3 Å². The average Bonchev–Trinajstić information content (AvgIpc) is 2.95. The molecule has 1 aromatic heterocycles. The Morgan fingerprint density at radius 3 is 2.67 bits per heavy atom. The van der Waals surface area contributed by atoms with Crippen molar-refractivity contribution in [2.75, 3.05) is 30.3 Å². The zero-order valence-corrected chi connectivity index (χ0v) is 14.4. The van der Waals surface area contributed by atoms with Gasteiger partial charge in [-0.1, -0.05) is 6.07 Å². The first-order chi connectivity index (χ1) is 11.0. The molecule has 2 amide bonds. The van der Waals surface area contributed by atoms with Crippen LogP contribution in [-0.2, 0) is 11.8 Å². The van der Waals surface area contributed by atoms with Gasteiger partial charge in [-0.05, 0) is 24.6 Å². The van der Waals surface area contributed by atoms with Crippen LogP contribution >= 0.6 is 12.4 Å². The van der Waals surface area contributed by atoms with Crippen LogP contribution in [-0.4, -0.2) is 46.1 Å². The third kappa shape index (κ3) is 3.35. The van der Waals surface area contributed by atoms with E-state index in [2.05, 4.69) is 5.10 Å². The molecular formula is C16H20ClN5O2. The lowest BCUT2D eigenvalue weighted by molar-refractivity contribution is -0.120. The molecular weight excluding hydrogens is 330 g/mol. The number of benzene rings is 1. The quantitative estimate of drug-likeness (QED) is 0.826. The van der Waals surface area contributed by atoms with Crippen LogP contribution in [0.2, 0.25) is 0 Å². The summed E-state index contributed by atoms with van der Waals surface area (Å²) in [5.41, 5.74) is 8.46. The molecule has 1 aliphatic rings. The van der Waals surface area contributed by atoms with E-state index >= 15 is 0 Å². The number of anilines is 2. The van der Waals surface area contributed by atoms with Crippen LogP contribution < -0.4 is 10.6 Å². The second-order valence-electron chi connectivity index (χ2n) is 5.72. The van der Waals surface area contributed by atoms with E-state index < -0.39 is 0 Å². The Morgan fingerprint density at radius 2 is 2.04 bits per heavy atom. The maximum absolute atomic E-state index is 12.6. The summed E-state index contributed by atoms with van der Waals surface area (Å²) in [5, 5.41) is 4.08. The summed E-state index contributed by atoms with van der Waals surface area (Å²) >= 11 is 0. The van der Waals surface area contributed by atoms with Crippen molar-refractivity contribution in [2.24, 2.45) is 7.05 Å². The van der Waals surface area contributed by atoms with Gasteiger partial charge in [-0.25, -0.2) is 0 Å². The zero-order valence-electron chi connectivity index (χ0n) is 13.6. The van der Waals surface area contributed by atoms with E-state index in [1.165, 1.54) is 0 Å². The number of amides is 2. The first kappa shape index (κ1) is 17.8. The van der Waals surface area contributed by atoms with Gasteiger partial charge < -0.3 is 15.5 Å². The number of aromatic nitrogens is 2. The summed E-state index contributed by atoms with van der Waals surface area (Å²) in [6.45, 7) is 2.85. The van der Waals surface area contributed by atoms with Crippen LogP contribution in [0.15, 0.2) is 30.6 Å². The standard InChI is InChI=1S/C16H19N5O2.ClH/c1-11-3-4-12(17)7-14(11)16(23)20-5-6-21(15(22)10-20)13-8-18-19(2)9-13;/h3-4,7-9H,5-6,10,17H2,1-2H3;1H. The van der Waals surface area contributed by atoms with Crippen molar-refractivity contribution in [3.05, 3.63) is 41.7 Å². The Bertz CT molecular complexity index is 774. The summed E-state index contributed by atoms with van der Waals surface area (Å²) in [4.78, 5) is 28.2. The predicted molar refractivity (Wildman–Crippen MR) is 94.3 cm³/mol. The molecule has 0 saturated carbocycles. The number of aryl methyl sites for hydroxylation is 2. The number of nitrogen functional groups attached to an aromatic ring is 1. The van der Waals surface area contributed by atoms with Crippen molar-refractivity contribution < 1.29 is 9.59 Å². The minimum Gasteiger partial charge on any atom is -0.399 e. The molecule has 7 nitrogen and oxygen atoms in total. The summed E-state index contributed by atoms with van der Waals surface area (Å²) in [6.07, 6.45) is 3.44. The normalized spacial score (nSPS) is 14.5. The molecule has 0 unspecified atom stereocenters. The first-order valence-electron chi connectivity index (χ1n) is 7.40. The van der Waals surface area contributed by atoms with Gasteiger partial charge >= 0.3 is 0 Å². The van der Waals surface area contributed by atoms with Crippen molar-refractivity contribution in [1.82, 2.24) is 14.7 Å². The lowest BCUT2D eigenvalue weighted by Crippen LogP contribution is -2.52. The molecule has 0 aliphatic carbocycles. The van der Waals surface area contributed by atoms with Crippen molar-refractivity contribution in [3.8, 4) is 0 Å². The molecule has 2 N–H and O–H groups in total. The molecule has 0 atom stereocenters. The van der Waals surface area contributed by atoms with E-state index in [9.17, 15) is 9.59 Å². The highest BCUT2D eigenvalue weighted by Gasteiger charge is 2.29. The number of rotatable bonds is 2. The number of carbonyl (C=O) groups is 2. The Morgan fingerprint density at radius 1 is 1.29 bits per heavy atom. The summed E-state index contributed by atoms with van der Waals surface area (Å²) in [7, 11) is 1.80. The van der Waals surface area contributed by atoms with Gasteiger partial charge in [0, 0.05) is 37.6 Å². The van der Waals surface area contributed by atoms with Gasteiger partial charge in [-0.2, -0.15) is 5.10 Å². The molecule has 0 bridgehead atoms. The summed E-state index contributed by atoms with van der Waals surface area (Å²) < 4.78 is 1.65. The minimum absolute atomic E-state index is 0. The number of hydrogen-bond donors (Lipinski definition) is 1. The number of nitrogens with two attached hydrogens (primary N) is 1. The Hall–Kier alpha value is -2.54. The van der Waals surface area contributed by atoms with Gasteiger partial charge in [0.2, 0.25) is 5.91 Å². The van der Waals surface area contributed by atoms with Gasteiger partial charge in [0.25, 0.3) is 5.91 Å². The van der Waals surface area contributed by atoms with Crippen molar-refractivity contribution in [2.45, 2.75) is 6.92 Å². The average molecular weight is 350 g/mol. The molecule has 24 heavy (non-hydrogen) atoms. The van der Waals surface area contributed by atoms with Crippen molar-refractivity contribution >= 4 is 35.6 Å². The van der Waals surface area contributed by atoms with Gasteiger partial charge in [-0.15, -0.1) is 12.4 Å². The Labute approximate surface area is 146 Å². The van der Waals surface area contributed by atoms with Crippen molar-refractivity contribution in [3.63, 3.8) is 0 Å². The van der Waals surface area contributed by atoms with E-state index in [-0.39, 0.29) is 30.8 Å². The third-order valence-electron chi connectivity index (χ3n) is 4.00. The topological polar surface area (TPSA) is 84.5 Å². The molecule has 2 heterocycles. The van der Waals surface area contributed by atoms with Crippen LogP contribution in [0.1, 0.15) is 15.9 Å². The zero-order chi connectivity index (χ0) is 16.6. The SMILES string of the molecule is Cc1ccc(N)cc1C(=O)N1CCN(c2cnn(C)c2)C(=O)C1.Cl. The molecule has 0 radical (unpaired) electrons. The van der Waals surface area contributed by atoms with Gasteiger partial charge in [0.1, 0.15) is 6.54 Å². The Kier molecular flexibility index (Phi) is 5.14. The largest absolute Gasteiger partial charge is 0.399 e. The lowest BCUT2D eigenvalue weighted by Gasteiger charge is -2.33. The van der Waals surface area contributed by atoms with Crippen molar-refractivity contribution in [1.29, 1.82) is 0 Å². The van der Waals surface area contributed by atoms with Gasteiger partial charge in [0.05, 0.1) is 11.9 Å². The van der Waals surface area contributed by atoms with Crippen LogP contribution in [0.4, 0.5) is 11.4 Å². The number of hydrogen-bond acceptors (Lipinski definition) is 4. The lowest BCUT2D eigenvalue weighted by atomic mass is 10.1. The number of halogens is 1. The number of piperazine rings is 1. The maximum Gasteiger partial charge on any atom is 0.254 e. The van der Waals surface area contributed by atoms with Gasteiger partial charge in [0.15, 0.2) is 0 Å². The fourth-order valence-corrected chi connectivity index (χ4v) is 2.71. The van der Waals surface area contributed by atoms with E-state index in [0.29, 0.717) is 24.3 Å². The van der Waals surface area contributed by atoms with E-state index in [4.69, 9.17) is 5.73 Å². The van der Waals surface area contributed by atoms with Gasteiger partial charge in [-0.3, -0.25) is 14.3 Å². The predicted octanol–water partition coefficient (Wildman–Crippen LogP) is 1.22. The number of nitrogens with zero attached hydrogens (tertiary/aromatic N) is 4. The third-order valence-corrected chi connectivity index (χ3v) is 4.00.